The van der Waals surface area contributed by atoms with Gasteiger partial charge in [0.25, 0.3) is 5.91 Å². The lowest BCUT2D eigenvalue weighted by Crippen LogP contribution is -2.33. The molecule has 3 N–H and O–H groups in total. The third-order valence-corrected chi connectivity index (χ3v) is 2.98. The zero-order chi connectivity index (χ0) is 15.0. The Morgan fingerprint density at radius 1 is 1.20 bits per heavy atom. The van der Waals surface area contributed by atoms with E-state index in [1.54, 1.807) is 19.2 Å². The maximum Gasteiger partial charge on any atom is 0.251 e. The maximum atomic E-state index is 11.7. The average Bonchev–Trinajstić information content (AvgIpc) is 2.45. The number of hydrogen-bond acceptors (Lipinski definition) is 3. The Balaban J connectivity index is 2.42. The van der Waals surface area contributed by atoms with Crippen molar-refractivity contribution in [3.63, 3.8) is 0 Å². The van der Waals surface area contributed by atoms with E-state index in [2.05, 4.69) is 16.0 Å². The van der Waals surface area contributed by atoms with E-state index in [1.165, 1.54) is 0 Å². The Bertz CT molecular complexity index is 443. The summed E-state index contributed by atoms with van der Waals surface area (Å²) in [6.45, 7) is 5.34. The molecule has 1 aromatic carbocycles. The van der Waals surface area contributed by atoms with Crippen molar-refractivity contribution in [3.05, 3.63) is 35.4 Å². The molecule has 0 bridgehead atoms. The number of carbonyl (C=O) groups excluding carboxylic acids is 2. The third kappa shape index (κ3) is 5.40. The number of carbonyl (C=O) groups is 2. The van der Waals surface area contributed by atoms with Gasteiger partial charge in [-0.05, 0) is 31.2 Å². The van der Waals surface area contributed by atoms with Gasteiger partial charge in [-0.3, -0.25) is 9.59 Å². The molecule has 20 heavy (non-hydrogen) atoms. The van der Waals surface area contributed by atoms with Crippen molar-refractivity contribution in [2.24, 2.45) is 0 Å². The first-order chi connectivity index (χ1) is 9.56. The summed E-state index contributed by atoms with van der Waals surface area (Å²) in [5.74, 6) is -0.0890. The molecule has 0 saturated carbocycles. The number of amides is 2. The third-order valence-electron chi connectivity index (χ3n) is 2.98. The van der Waals surface area contributed by atoms with Crippen molar-refractivity contribution in [1.29, 1.82) is 0 Å². The normalized spacial score (nSPS) is 11.8. The lowest BCUT2D eigenvalue weighted by Gasteiger charge is -2.12. The fourth-order valence-electron chi connectivity index (χ4n) is 1.89. The second kappa shape index (κ2) is 8.32. The minimum atomic E-state index is -0.111. The van der Waals surface area contributed by atoms with Gasteiger partial charge in [0.15, 0.2) is 0 Å². The Kier molecular flexibility index (Phi) is 6.73. The van der Waals surface area contributed by atoms with Crippen LogP contribution in [-0.4, -0.2) is 31.4 Å². The summed E-state index contributed by atoms with van der Waals surface area (Å²) in [5.41, 5.74) is 1.59. The highest BCUT2D eigenvalue weighted by Gasteiger charge is 2.07. The molecular weight excluding hydrogens is 254 g/mol. The standard InChI is InChI=1S/C15H23N3O2/c1-4-17-11(2)9-14(19)18-10-12-5-7-13(8-6-12)15(20)16-3/h5-8,11,17H,4,9-10H2,1-3H3,(H,16,20)(H,18,19). The molecule has 5 heteroatoms. The van der Waals surface area contributed by atoms with Crippen molar-refractivity contribution in [2.75, 3.05) is 13.6 Å². The smallest absolute Gasteiger partial charge is 0.251 e. The number of nitrogens with one attached hydrogen (secondary N) is 3. The highest BCUT2D eigenvalue weighted by Crippen LogP contribution is 2.04. The molecule has 2 amide bonds. The van der Waals surface area contributed by atoms with E-state index in [0.29, 0.717) is 18.5 Å². The van der Waals surface area contributed by atoms with Crippen molar-refractivity contribution < 1.29 is 9.59 Å². The van der Waals surface area contributed by atoms with E-state index in [4.69, 9.17) is 0 Å². The van der Waals surface area contributed by atoms with Crippen LogP contribution in [0.25, 0.3) is 0 Å². The summed E-state index contributed by atoms with van der Waals surface area (Å²) in [4.78, 5) is 23.1. The maximum absolute atomic E-state index is 11.7. The SMILES string of the molecule is CCNC(C)CC(=O)NCc1ccc(C(=O)NC)cc1. The average molecular weight is 277 g/mol. The molecule has 0 aliphatic carbocycles. The van der Waals surface area contributed by atoms with E-state index in [0.717, 1.165) is 12.1 Å². The molecular formula is C15H23N3O2. The van der Waals surface area contributed by atoms with Gasteiger partial charge in [0, 0.05) is 31.6 Å². The van der Waals surface area contributed by atoms with Gasteiger partial charge in [-0.15, -0.1) is 0 Å². The van der Waals surface area contributed by atoms with Crippen molar-refractivity contribution in [2.45, 2.75) is 32.9 Å². The van der Waals surface area contributed by atoms with Gasteiger partial charge in [-0.2, -0.15) is 0 Å². The van der Waals surface area contributed by atoms with E-state index in [9.17, 15) is 9.59 Å². The van der Waals surface area contributed by atoms with Crippen LogP contribution in [0.2, 0.25) is 0 Å². The predicted molar refractivity (Wildman–Crippen MR) is 79.4 cm³/mol. The highest BCUT2D eigenvalue weighted by molar-refractivity contribution is 5.93. The van der Waals surface area contributed by atoms with Crippen LogP contribution in [0.3, 0.4) is 0 Å². The van der Waals surface area contributed by atoms with Crippen molar-refractivity contribution in [3.8, 4) is 0 Å². The van der Waals surface area contributed by atoms with E-state index in [-0.39, 0.29) is 17.9 Å². The number of benzene rings is 1. The summed E-state index contributed by atoms with van der Waals surface area (Å²) < 4.78 is 0. The quantitative estimate of drug-likeness (QED) is 0.697. The van der Waals surface area contributed by atoms with Gasteiger partial charge >= 0.3 is 0 Å². The Morgan fingerprint density at radius 2 is 1.85 bits per heavy atom. The van der Waals surface area contributed by atoms with E-state index < -0.39 is 0 Å². The Labute approximate surface area is 120 Å². The van der Waals surface area contributed by atoms with Gasteiger partial charge in [0.2, 0.25) is 5.91 Å². The molecule has 0 aromatic heterocycles. The van der Waals surface area contributed by atoms with E-state index in [1.807, 2.05) is 26.0 Å². The van der Waals surface area contributed by atoms with Gasteiger partial charge < -0.3 is 16.0 Å². The zero-order valence-corrected chi connectivity index (χ0v) is 12.3. The van der Waals surface area contributed by atoms with Crippen LogP contribution in [0.5, 0.6) is 0 Å². The predicted octanol–water partition coefficient (Wildman–Crippen LogP) is 1.05. The minimum Gasteiger partial charge on any atom is -0.355 e. The topological polar surface area (TPSA) is 70.2 Å². The van der Waals surface area contributed by atoms with Gasteiger partial charge in [-0.1, -0.05) is 19.1 Å². The molecule has 0 saturated heterocycles. The molecule has 1 rings (SSSR count). The monoisotopic (exact) mass is 277 g/mol. The van der Waals surface area contributed by atoms with Gasteiger partial charge in [0.05, 0.1) is 0 Å². The highest BCUT2D eigenvalue weighted by atomic mass is 16.2. The number of rotatable bonds is 7. The van der Waals surface area contributed by atoms with Crippen LogP contribution >= 0.6 is 0 Å². The first-order valence-corrected chi connectivity index (χ1v) is 6.88. The Morgan fingerprint density at radius 3 is 2.40 bits per heavy atom. The zero-order valence-electron chi connectivity index (χ0n) is 12.3. The largest absolute Gasteiger partial charge is 0.355 e. The minimum absolute atomic E-state index is 0.0221. The summed E-state index contributed by atoms with van der Waals surface area (Å²) in [6, 6.07) is 7.37. The lowest BCUT2D eigenvalue weighted by atomic mass is 10.1. The second-order valence-corrected chi connectivity index (χ2v) is 4.72. The van der Waals surface area contributed by atoms with Crippen molar-refractivity contribution in [1.82, 2.24) is 16.0 Å². The van der Waals surface area contributed by atoms with Gasteiger partial charge in [0.1, 0.15) is 0 Å². The number of hydrogen-bond donors (Lipinski definition) is 3. The molecule has 1 aromatic rings. The molecule has 1 unspecified atom stereocenters. The molecule has 0 aliphatic rings. The van der Waals surface area contributed by atoms with Crippen LogP contribution < -0.4 is 16.0 Å². The molecule has 110 valence electrons. The van der Waals surface area contributed by atoms with Crippen molar-refractivity contribution >= 4 is 11.8 Å². The summed E-state index contributed by atoms with van der Waals surface area (Å²) in [7, 11) is 1.60. The van der Waals surface area contributed by atoms with Gasteiger partial charge in [-0.25, -0.2) is 0 Å². The fourth-order valence-corrected chi connectivity index (χ4v) is 1.89. The van der Waals surface area contributed by atoms with Crippen LogP contribution in [-0.2, 0) is 11.3 Å². The Hall–Kier alpha value is -1.88. The van der Waals surface area contributed by atoms with Crippen LogP contribution in [0, 0.1) is 0 Å². The lowest BCUT2D eigenvalue weighted by molar-refractivity contribution is -0.121. The first-order valence-electron chi connectivity index (χ1n) is 6.88. The summed E-state index contributed by atoms with van der Waals surface area (Å²) in [6.07, 6.45) is 0.462. The summed E-state index contributed by atoms with van der Waals surface area (Å²) in [5, 5.41) is 8.64. The molecule has 0 heterocycles. The second-order valence-electron chi connectivity index (χ2n) is 4.72. The molecule has 0 aliphatic heterocycles. The van der Waals surface area contributed by atoms with Crippen LogP contribution in [0.15, 0.2) is 24.3 Å². The van der Waals surface area contributed by atoms with E-state index >= 15 is 0 Å². The fraction of sp³-hybridized carbons (Fsp3) is 0.467. The van der Waals surface area contributed by atoms with Crippen LogP contribution in [0.4, 0.5) is 0 Å². The molecule has 0 fully saturated rings. The van der Waals surface area contributed by atoms with Crippen LogP contribution in [0.1, 0.15) is 36.2 Å². The first kappa shape index (κ1) is 16.2. The molecule has 1 atom stereocenters. The molecule has 0 spiro atoms. The molecule has 0 radical (unpaired) electrons. The summed E-state index contributed by atoms with van der Waals surface area (Å²) >= 11 is 0. The molecule has 5 nitrogen and oxygen atoms in total.